The first-order chi connectivity index (χ1) is 13.9. The maximum absolute atomic E-state index is 12.8. The van der Waals surface area contributed by atoms with Gasteiger partial charge in [0.05, 0.1) is 11.1 Å². The number of aromatic nitrogens is 3. The average Bonchev–Trinajstić information content (AvgIpc) is 3.13. The van der Waals surface area contributed by atoms with Gasteiger partial charge in [0, 0.05) is 22.2 Å². The molecule has 7 nitrogen and oxygen atoms in total. The second kappa shape index (κ2) is 7.52. The number of para-hydroxylation sites is 1. The first kappa shape index (κ1) is 18.9. The van der Waals surface area contributed by atoms with Gasteiger partial charge in [-0.2, -0.15) is 4.98 Å². The molecule has 1 amide bonds. The van der Waals surface area contributed by atoms with Gasteiger partial charge in [-0.25, -0.2) is 0 Å². The van der Waals surface area contributed by atoms with E-state index in [0.717, 1.165) is 10.9 Å². The van der Waals surface area contributed by atoms with Crippen LogP contribution in [0.15, 0.2) is 57.8 Å². The number of nitrogens with zero attached hydrogens (tertiary/aromatic N) is 3. The second-order valence-electron chi connectivity index (χ2n) is 6.61. The van der Waals surface area contributed by atoms with Crippen LogP contribution < -0.4 is 10.9 Å². The van der Waals surface area contributed by atoms with Crippen molar-refractivity contribution in [3.05, 3.63) is 75.3 Å². The van der Waals surface area contributed by atoms with Crippen molar-refractivity contribution in [2.45, 2.75) is 20.4 Å². The minimum Gasteiger partial charge on any atom is -0.334 e. The molecular weight excluding hydrogens is 392 g/mol. The van der Waals surface area contributed by atoms with Gasteiger partial charge in [-0.15, -0.1) is 0 Å². The van der Waals surface area contributed by atoms with Crippen molar-refractivity contribution in [2.75, 3.05) is 5.32 Å². The number of fused-ring (bicyclic) bond motifs is 1. The molecule has 2 heterocycles. The predicted molar refractivity (Wildman–Crippen MR) is 111 cm³/mol. The van der Waals surface area contributed by atoms with Crippen LogP contribution in [0.4, 0.5) is 5.69 Å². The van der Waals surface area contributed by atoms with Gasteiger partial charge < -0.3 is 9.84 Å². The lowest BCUT2D eigenvalue weighted by Gasteiger charge is -2.13. The lowest BCUT2D eigenvalue weighted by molar-refractivity contribution is -0.116. The van der Waals surface area contributed by atoms with E-state index < -0.39 is 0 Å². The van der Waals surface area contributed by atoms with Crippen LogP contribution in [0.1, 0.15) is 11.4 Å². The van der Waals surface area contributed by atoms with Crippen LogP contribution in [-0.2, 0) is 11.3 Å². The Morgan fingerprint density at radius 1 is 1.17 bits per heavy atom. The van der Waals surface area contributed by atoms with E-state index >= 15 is 0 Å². The molecule has 4 aromatic rings. The minimum atomic E-state index is -0.340. The highest BCUT2D eigenvalue weighted by Crippen LogP contribution is 2.26. The maximum Gasteiger partial charge on any atom is 0.258 e. The molecule has 0 unspecified atom stereocenters. The van der Waals surface area contributed by atoms with Crippen LogP contribution in [0, 0.1) is 13.8 Å². The summed E-state index contributed by atoms with van der Waals surface area (Å²) in [4.78, 5) is 29.7. The van der Waals surface area contributed by atoms with Crippen molar-refractivity contribution in [3.63, 3.8) is 0 Å². The van der Waals surface area contributed by atoms with Crippen molar-refractivity contribution in [3.8, 4) is 11.5 Å². The molecule has 0 bridgehead atoms. The van der Waals surface area contributed by atoms with E-state index in [4.69, 9.17) is 16.1 Å². The number of hydrogen-bond acceptors (Lipinski definition) is 5. The summed E-state index contributed by atoms with van der Waals surface area (Å²) < 4.78 is 6.65. The van der Waals surface area contributed by atoms with Gasteiger partial charge in [0.15, 0.2) is 5.82 Å². The molecule has 0 fully saturated rings. The lowest BCUT2D eigenvalue weighted by Crippen LogP contribution is -2.28. The number of anilines is 1. The molecule has 1 N–H and O–H groups in total. The number of halogens is 1. The highest BCUT2D eigenvalue weighted by molar-refractivity contribution is 6.31. The Labute approximate surface area is 170 Å². The summed E-state index contributed by atoms with van der Waals surface area (Å²) in [6.07, 6.45) is 0. The first-order valence-corrected chi connectivity index (χ1v) is 9.30. The number of amides is 1. The van der Waals surface area contributed by atoms with Gasteiger partial charge in [-0.1, -0.05) is 41.0 Å². The zero-order valence-corrected chi connectivity index (χ0v) is 16.5. The van der Waals surface area contributed by atoms with Crippen LogP contribution in [0.25, 0.3) is 22.4 Å². The molecule has 2 aromatic carbocycles. The Kier molecular flexibility index (Phi) is 4.90. The fourth-order valence-corrected chi connectivity index (χ4v) is 3.33. The van der Waals surface area contributed by atoms with E-state index in [2.05, 4.69) is 15.5 Å². The molecule has 0 aliphatic heterocycles. The first-order valence-electron chi connectivity index (χ1n) is 8.92. The summed E-state index contributed by atoms with van der Waals surface area (Å²) in [5.41, 5.74) is 2.17. The van der Waals surface area contributed by atoms with E-state index in [9.17, 15) is 9.59 Å². The number of aryl methyl sites for hydroxylation is 1. The van der Waals surface area contributed by atoms with Gasteiger partial charge in [-0.3, -0.25) is 14.2 Å². The summed E-state index contributed by atoms with van der Waals surface area (Å²) in [7, 11) is 0. The molecule has 0 saturated heterocycles. The molecule has 2 aromatic heterocycles. The Morgan fingerprint density at radius 2 is 1.97 bits per heavy atom. The third kappa shape index (κ3) is 3.64. The third-order valence-corrected chi connectivity index (χ3v) is 5.03. The number of carbonyl (C=O) groups excluding carboxylic acids is 1. The van der Waals surface area contributed by atoms with E-state index in [-0.39, 0.29) is 23.9 Å². The molecule has 8 heteroatoms. The molecule has 0 radical (unpaired) electrons. The van der Waals surface area contributed by atoms with Crippen molar-refractivity contribution in [2.24, 2.45) is 0 Å². The van der Waals surface area contributed by atoms with Crippen molar-refractivity contribution in [1.29, 1.82) is 0 Å². The van der Waals surface area contributed by atoms with Crippen LogP contribution in [0.2, 0.25) is 5.02 Å². The van der Waals surface area contributed by atoms with E-state index in [1.54, 1.807) is 37.3 Å². The van der Waals surface area contributed by atoms with Gasteiger partial charge in [0.1, 0.15) is 6.54 Å². The molecule has 0 aliphatic carbocycles. The average molecular weight is 409 g/mol. The smallest absolute Gasteiger partial charge is 0.258 e. The molecule has 4 rings (SSSR count). The topological polar surface area (TPSA) is 90.0 Å². The molecule has 29 heavy (non-hydrogen) atoms. The zero-order valence-electron chi connectivity index (χ0n) is 15.8. The highest BCUT2D eigenvalue weighted by Gasteiger charge is 2.16. The van der Waals surface area contributed by atoms with E-state index in [0.29, 0.717) is 27.6 Å². The summed E-state index contributed by atoms with van der Waals surface area (Å²) in [5.74, 6) is 0.412. The quantitative estimate of drug-likeness (QED) is 0.552. The number of nitrogens with one attached hydrogen (secondary N) is 1. The fraction of sp³-hybridized carbons (Fsp3) is 0.143. The van der Waals surface area contributed by atoms with Gasteiger partial charge in [0.25, 0.3) is 11.4 Å². The SMILES string of the molecule is Cc1noc(-c2cc(=O)n(CC(=O)Nc3cccc(Cl)c3C)c3ccccc23)n1. The van der Waals surface area contributed by atoms with Crippen LogP contribution in [-0.4, -0.2) is 20.6 Å². The molecule has 0 saturated carbocycles. The summed E-state index contributed by atoms with van der Waals surface area (Å²) in [6, 6.07) is 14.0. The molecule has 146 valence electrons. The number of pyridine rings is 1. The molecular formula is C21H17ClN4O3. The Morgan fingerprint density at radius 3 is 2.72 bits per heavy atom. The van der Waals surface area contributed by atoms with Crippen molar-refractivity contribution in [1.82, 2.24) is 14.7 Å². The lowest BCUT2D eigenvalue weighted by atomic mass is 10.1. The largest absolute Gasteiger partial charge is 0.334 e. The number of benzene rings is 2. The zero-order chi connectivity index (χ0) is 20.5. The number of hydrogen-bond donors (Lipinski definition) is 1. The van der Waals surface area contributed by atoms with Gasteiger partial charge in [-0.05, 0) is 37.6 Å². The Bertz CT molecular complexity index is 1290. The van der Waals surface area contributed by atoms with Crippen LogP contribution in [0.3, 0.4) is 0 Å². The standard InChI is InChI=1S/C21H17ClN4O3/c1-12-16(22)7-5-8-17(12)24-19(27)11-26-18-9-4-3-6-14(18)15(10-20(26)28)21-23-13(2)25-29-21/h3-10H,11H2,1-2H3,(H,24,27). The summed E-state index contributed by atoms with van der Waals surface area (Å²) >= 11 is 6.11. The van der Waals surface area contributed by atoms with Gasteiger partial charge >= 0.3 is 0 Å². The number of carbonyl (C=O) groups is 1. The van der Waals surface area contributed by atoms with Gasteiger partial charge in [0.2, 0.25) is 5.91 Å². The molecule has 0 aliphatic rings. The summed E-state index contributed by atoms with van der Waals surface area (Å²) in [6.45, 7) is 3.38. The maximum atomic E-state index is 12.8. The van der Waals surface area contributed by atoms with Crippen molar-refractivity contribution < 1.29 is 9.32 Å². The predicted octanol–water partition coefficient (Wildman–Crippen LogP) is 3.96. The van der Waals surface area contributed by atoms with Crippen molar-refractivity contribution >= 4 is 34.1 Å². The second-order valence-corrected chi connectivity index (χ2v) is 7.01. The monoisotopic (exact) mass is 408 g/mol. The fourth-order valence-electron chi connectivity index (χ4n) is 3.16. The normalized spacial score (nSPS) is 11.0. The summed E-state index contributed by atoms with van der Waals surface area (Å²) in [5, 5.41) is 7.91. The Balaban J connectivity index is 1.73. The molecule has 0 atom stereocenters. The minimum absolute atomic E-state index is 0.144. The highest BCUT2D eigenvalue weighted by atomic mass is 35.5. The third-order valence-electron chi connectivity index (χ3n) is 4.62. The van der Waals surface area contributed by atoms with Crippen LogP contribution >= 0.6 is 11.6 Å². The molecule has 0 spiro atoms. The Hall–Kier alpha value is -3.45. The number of rotatable bonds is 4. The van der Waals surface area contributed by atoms with Crippen LogP contribution in [0.5, 0.6) is 0 Å². The van der Waals surface area contributed by atoms with E-state index in [1.807, 2.05) is 19.1 Å². The van der Waals surface area contributed by atoms with E-state index in [1.165, 1.54) is 10.6 Å².